The van der Waals surface area contributed by atoms with E-state index in [1.54, 1.807) is 44.2 Å². The van der Waals surface area contributed by atoms with Crippen LogP contribution in [0.15, 0.2) is 30.3 Å². The van der Waals surface area contributed by atoms with Crippen molar-refractivity contribution in [1.29, 1.82) is 0 Å². The Bertz CT molecular complexity index is 862. The van der Waals surface area contributed by atoms with Crippen molar-refractivity contribution in [2.75, 3.05) is 17.2 Å². The van der Waals surface area contributed by atoms with Crippen LogP contribution in [0.4, 0.5) is 17.2 Å². The highest BCUT2D eigenvalue weighted by Crippen LogP contribution is 2.39. The standard InChI is InChI=1S/C17H15N3O4/c1-3-24-17(23)11-9(2)19-15-12(13(11)18)14(21)16(22)20(15)10-7-5-4-6-8-10/h4-8H,3H2,1-2H3,(H2,18,19). The monoisotopic (exact) mass is 325 g/mol. The maximum atomic E-state index is 12.4. The van der Waals surface area contributed by atoms with Crippen LogP contribution in [0.1, 0.15) is 33.3 Å². The molecule has 7 heteroatoms. The number of aryl methyl sites for hydroxylation is 1. The Kier molecular flexibility index (Phi) is 3.76. The van der Waals surface area contributed by atoms with Gasteiger partial charge in [0, 0.05) is 0 Å². The zero-order valence-electron chi connectivity index (χ0n) is 13.2. The van der Waals surface area contributed by atoms with Gasteiger partial charge in [-0.2, -0.15) is 0 Å². The highest BCUT2D eigenvalue weighted by atomic mass is 16.5. The molecule has 0 saturated heterocycles. The van der Waals surface area contributed by atoms with Crippen LogP contribution in [0, 0.1) is 6.92 Å². The van der Waals surface area contributed by atoms with Gasteiger partial charge in [-0.3, -0.25) is 14.5 Å². The van der Waals surface area contributed by atoms with Crippen molar-refractivity contribution < 1.29 is 19.1 Å². The lowest BCUT2D eigenvalue weighted by Gasteiger charge is -2.17. The van der Waals surface area contributed by atoms with E-state index in [0.717, 1.165) is 0 Å². The summed E-state index contributed by atoms with van der Waals surface area (Å²) in [5.74, 6) is -2.07. The minimum absolute atomic E-state index is 0.0201. The highest BCUT2D eigenvalue weighted by molar-refractivity contribution is 6.54. The van der Waals surface area contributed by atoms with Crippen molar-refractivity contribution in [3.63, 3.8) is 0 Å². The fourth-order valence-electron chi connectivity index (χ4n) is 2.68. The van der Waals surface area contributed by atoms with E-state index in [-0.39, 0.29) is 29.2 Å². The van der Waals surface area contributed by atoms with E-state index in [9.17, 15) is 14.4 Å². The first-order valence-corrected chi connectivity index (χ1v) is 7.38. The van der Waals surface area contributed by atoms with Gasteiger partial charge in [0.05, 0.1) is 29.2 Å². The smallest absolute Gasteiger partial charge is 0.342 e. The van der Waals surface area contributed by atoms with E-state index in [0.29, 0.717) is 11.4 Å². The summed E-state index contributed by atoms with van der Waals surface area (Å²) in [6.07, 6.45) is 0. The average Bonchev–Trinajstić information content (AvgIpc) is 2.79. The number of nitrogens with zero attached hydrogens (tertiary/aromatic N) is 2. The number of esters is 1. The number of pyridine rings is 1. The van der Waals surface area contributed by atoms with Crippen LogP contribution in [0.2, 0.25) is 0 Å². The van der Waals surface area contributed by atoms with Crippen molar-refractivity contribution in [2.24, 2.45) is 0 Å². The maximum absolute atomic E-state index is 12.4. The molecule has 0 saturated carbocycles. The molecule has 3 rings (SSSR count). The molecule has 122 valence electrons. The molecule has 0 atom stereocenters. The molecule has 0 radical (unpaired) electrons. The number of rotatable bonds is 3. The molecule has 0 bridgehead atoms. The highest BCUT2D eigenvalue weighted by Gasteiger charge is 2.42. The van der Waals surface area contributed by atoms with Crippen LogP contribution >= 0.6 is 0 Å². The fourth-order valence-corrected chi connectivity index (χ4v) is 2.68. The van der Waals surface area contributed by atoms with Gasteiger partial charge < -0.3 is 10.5 Å². The first-order chi connectivity index (χ1) is 11.5. The number of fused-ring (bicyclic) bond motifs is 1. The van der Waals surface area contributed by atoms with Crippen molar-refractivity contribution in [3.8, 4) is 0 Å². The van der Waals surface area contributed by atoms with E-state index >= 15 is 0 Å². The van der Waals surface area contributed by atoms with Crippen molar-refractivity contribution >= 4 is 34.9 Å². The van der Waals surface area contributed by atoms with E-state index in [1.807, 2.05) is 0 Å². The van der Waals surface area contributed by atoms with Gasteiger partial charge in [0.2, 0.25) is 0 Å². The Morgan fingerprint density at radius 3 is 2.54 bits per heavy atom. The maximum Gasteiger partial charge on any atom is 0.342 e. The first-order valence-electron chi connectivity index (χ1n) is 7.38. The first kappa shape index (κ1) is 15.7. The second kappa shape index (κ2) is 5.77. The lowest BCUT2D eigenvalue weighted by Crippen LogP contribution is -2.25. The van der Waals surface area contributed by atoms with Crippen LogP contribution in [0.3, 0.4) is 0 Å². The number of ketones is 1. The Morgan fingerprint density at radius 2 is 1.92 bits per heavy atom. The molecule has 1 aliphatic rings. The summed E-state index contributed by atoms with van der Waals surface area (Å²) in [6, 6.07) is 8.66. The average molecular weight is 325 g/mol. The molecule has 0 spiro atoms. The molecule has 1 aromatic heterocycles. The van der Waals surface area contributed by atoms with E-state index in [1.165, 1.54) is 4.90 Å². The van der Waals surface area contributed by atoms with Crippen LogP contribution in [0.5, 0.6) is 0 Å². The Labute approximate surface area is 138 Å². The normalized spacial score (nSPS) is 13.2. The molecular weight excluding hydrogens is 310 g/mol. The van der Waals surface area contributed by atoms with Gasteiger partial charge in [0.1, 0.15) is 5.56 Å². The number of Topliss-reactive ketones (excluding diaryl/α,β-unsaturated/α-hetero) is 1. The third-order valence-corrected chi connectivity index (χ3v) is 3.73. The largest absolute Gasteiger partial charge is 0.462 e. The number of aromatic nitrogens is 1. The van der Waals surface area contributed by atoms with Crippen molar-refractivity contribution in [3.05, 3.63) is 47.2 Å². The lowest BCUT2D eigenvalue weighted by atomic mass is 10.1. The zero-order chi connectivity index (χ0) is 17.4. The number of carbonyl (C=O) groups excluding carboxylic acids is 3. The number of nitrogen functional groups attached to an aromatic ring is 1. The number of benzene rings is 1. The molecule has 24 heavy (non-hydrogen) atoms. The Balaban J connectivity index is 2.22. The molecule has 1 amide bonds. The number of para-hydroxylation sites is 1. The molecule has 7 nitrogen and oxygen atoms in total. The second-order valence-corrected chi connectivity index (χ2v) is 5.21. The summed E-state index contributed by atoms with van der Waals surface area (Å²) in [6.45, 7) is 3.41. The van der Waals surface area contributed by atoms with Gasteiger partial charge in [-0.1, -0.05) is 18.2 Å². The van der Waals surface area contributed by atoms with Crippen LogP contribution in [-0.4, -0.2) is 29.3 Å². The molecule has 0 fully saturated rings. The van der Waals surface area contributed by atoms with Gasteiger partial charge >= 0.3 is 11.9 Å². The van der Waals surface area contributed by atoms with Crippen LogP contribution in [0.25, 0.3) is 0 Å². The van der Waals surface area contributed by atoms with Gasteiger partial charge in [0.25, 0.3) is 5.78 Å². The van der Waals surface area contributed by atoms with Gasteiger partial charge in [-0.15, -0.1) is 0 Å². The number of nitrogens with two attached hydrogens (primary N) is 1. The Hall–Kier alpha value is -3.22. The van der Waals surface area contributed by atoms with Gasteiger partial charge in [-0.25, -0.2) is 9.78 Å². The summed E-state index contributed by atoms with van der Waals surface area (Å²) < 4.78 is 4.95. The molecule has 1 aromatic carbocycles. The molecule has 0 unspecified atom stereocenters. The number of amides is 1. The van der Waals surface area contributed by atoms with E-state index < -0.39 is 17.7 Å². The number of anilines is 3. The topological polar surface area (TPSA) is 103 Å². The fraction of sp³-hybridized carbons (Fsp3) is 0.176. The predicted molar refractivity (Wildman–Crippen MR) is 87.3 cm³/mol. The lowest BCUT2D eigenvalue weighted by molar-refractivity contribution is -0.113. The quantitative estimate of drug-likeness (QED) is 0.684. The summed E-state index contributed by atoms with van der Waals surface area (Å²) in [7, 11) is 0. The van der Waals surface area contributed by atoms with Gasteiger partial charge in [-0.05, 0) is 26.0 Å². The third kappa shape index (κ3) is 2.21. The molecule has 1 aliphatic heterocycles. The minimum atomic E-state index is -0.788. The summed E-state index contributed by atoms with van der Waals surface area (Å²) in [5, 5.41) is 0. The third-order valence-electron chi connectivity index (χ3n) is 3.73. The number of ether oxygens (including phenoxy) is 1. The predicted octanol–water partition coefficient (Wildman–Crippen LogP) is 2.01. The second-order valence-electron chi connectivity index (χ2n) is 5.21. The molecule has 0 aliphatic carbocycles. The summed E-state index contributed by atoms with van der Waals surface area (Å²) >= 11 is 0. The number of carbonyl (C=O) groups is 3. The molecule has 2 heterocycles. The Morgan fingerprint density at radius 1 is 1.25 bits per heavy atom. The number of hydrogen-bond donors (Lipinski definition) is 1. The SMILES string of the molecule is CCOC(=O)c1c(C)nc2c(c1N)C(=O)C(=O)N2c1ccccc1. The van der Waals surface area contributed by atoms with Crippen LogP contribution < -0.4 is 10.6 Å². The molecule has 2 aromatic rings. The van der Waals surface area contributed by atoms with E-state index in [4.69, 9.17) is 10.5 Å². The zero-order valence-corrected chi connectivity index (χ0v) is 13.2. The van der Waals surface area contributed by atoms with E-state index in [2.05, 4.69) is 4.98 Å². The summed E-state index contributed by atoms with van der Waals surface area (Å²) in [5.41, 5.74) is 6.71. The van der Waals surface area contributed by atoms with Gasteiger partial charge in [0.15, 0.2) is 5.82 Å². The van der Waals surface area contributed by atoms with Crippen molar-refractivity contribution in [2.45, 2.75) is 13.8 Å². The van der Waals surface area contributed by atoms with Crippen molar-refractivity contribution in [1.82, 2.24) is 4.98 Å². The molecule has 2 N–H and O–H groups in total. The van der Waals surface area contributed by atoms with Crippen LogP contribution in [-0.2, 0) is 9.53 Å². The summed E-state index contributed by atoms with van der Waals surface area (Å²) in [4.78, 5) is 42.3. The minimum Gasteiger partial charge on any atom is -0.462 e. The molecular formula is C17H15N3O4. The number of hydrogen-bond acceptors (Lipinski definition) is 6.